The first-order valence-electron chi connectivity index (χ1n) is 7.70. The van der Waals surface area contributed by atoms with E-state index < -0.39 is 11.5 Å². The molecule has 5 heteroatoms. The molecule has 1 amide bonds. The first kappa shape index (κ1) is 16.3. The molecule has 2 rings (SSSR count). The lowest BCUT2D eigenvalue weighted by molar-refractivity contribution is -0.146. The molecule has 0 spiro atoms. The van der Waals surface area contributed by atoms with Crippen molar-refractivity contribution in [2.45, 2.75) is 44.6 Å². The minimum atomic E-state index is -1.14. The van der Waals surface area contributed by atoms with Crippen LogP contribution in [0.4, 0.5) is 0 Å². The molecule has 1 aliphatic rings. The van der Waals surface area contributed by atoms with Gasteiger partial charge in [0.1, 0.15) is 11.3 Å². The minimum Gasteiger partial charge on any atom is -0.497 e. The molecule has 0 radical (unpaired) electrons. The number of benzene rings is 1. The number of ether oxygens (including phenoxy) is 1. The van der Waals surface area contributed by atoms with Gasteiger partial charge in [-0.05, 0) is 55.9 Å². The van der Waals surface area contributed by atoms with Gasteiger partial charge in [-0.3, -0.25) is 4.79 Å². The van der Waals surface area contributed by atoms with Crippen LogP contribution in [-0.2, 0) is 4.79 Å². The number of nitrogens with one attached hydrogen (secondary N) is 1. The number of carbonyl (C=O) groups is 2. The second-order valence-corrected chi connectivity index (χ2v) is 5.92. The van der Waals surface area contributed by atoms with Gasteiger partial charge in [-0.25, -0.2) is 4.79 Å². The van der Waals surface area contributed by atoms with Crippen LogP contribution in [-0.4, -0.2) is 29.6 Å². The fourth-order valence-corrected chi connectivity index (χ4v) is 3.00. The van der Waals surface area contributed by atoms with Crippen molar-refractivity contribution < 1.29 is 19.4 Å². The number of rotatable bonds is 5. The Labute approximate surface area is 130 Å². The Morgan fingerprint density at radius 1 is 1.27 bits per heavy atom. The summed E-state index contributed by atoms with van der Waals surface area (Å²) in [6.45, 7) is 2.12. The smallest absolute Gasteiger partial charge is 0.329 e. The van der Waals surface area contributed by atoms with E-state index in [1.165, 1.54) is 0 Å². The zero-order valence-electron chi connectivity index (χ0n) is 13.1. The Balaban J connectivity index is 2.10. The lowest BCUT2D eigenvalue weighted by Gasteiger charge is -2.37. The average Bonchev–Trinajstić information content (AvgIpc) is 2.55. The van der Waals surface area contributed by atoms with E-state index in [1.807, 2.05) is 0 Å². The fraction of sp³-hybridized carbons (Fsp3) is 0.529. The lowest BCUT2D eigenvalue weighted by Crippen LogP contribution is -2.56. The number of amides is 1. The summed E-state index contributed by atoms with van der Waals surface area (Å²) in [5.41, 5.74) is -0.693. The molecule has 0 aromatic heterocycles. The number of carboxylic acid groups (broad SMARTS) is 1. The Morgan fingerprint density at radius 2 is 1.86 bits per heavy atom. The molecule has 0 heterocycles. The van der Waals surface area contributed by atoms with Gasteiger partial charge >= 0.3 is 5.97 Å². The van der Waals surface area contributed by atoms with E-state index in [-0.39, 0.29) is 5.91 Å². The second-order valence-electron chi connectivity index (χ2n) is 5.92. The lowest BCUT2D eigenvalue weighted by atomic mass is 9.75. The van der Waals surface area contributed by atoms with Gasteiger partial charge in [-0.15, -0.1) is 0 Å². The third-order valence-corrected chi connectivity index (χ3v) is 4.65. The number of carboxylic acids is 1. The van der Waals surface area contributed by atoms with Crippen molar-refractivity contribution in [2.24, 2.45) is 5.92 Å². The summed E-state index contributed by atoms with van der Waals surface area (Å²) in [6, 6.07) is 6.66. The molecular weight excluding hydrogens is 282 g/mol. The molecule has 0 unspecified atom stereocenters. The summed E-state index contributed by atoms with van der Waals surface area (Å²) in [7, 11) is 1.56. The Morgan fingerprint density at radius 3 is 2.32 bits per heavy atom. The van der Waals surface area contributed by atoms with Crippen LogP contribution in [0.2, 0.25) is 0 Å². The summed E-state index contributed by atoms with van der Waals surface area (Å²) in [4.78, 5) is 24.1. The van der Waals surface area contributed by atoms with E-state index in [4.69, 9.17) is 4.74 Å². The third-order valence-electron chi connectivity index (χ3n) is 4.65. The quantitative estimate of drug-likeness (QED) is 0.877. The van der Waals surface area contributed by atoms with Crippen molar-refractivity contribution in [2.75, 3.05) is 7.11 Å². The number of hydrogen-bond acceptors (Lipinski definition) is 3. The minimum absolute atomic E-state index is 0.347. The van der Waals surface area contributed by atoms with Crippen LogP contribution in [0.1, 0.15) is 49.4 Å². The summed E-state index contributed by atoms with van der Waals surface area (Å²) < 4.78 is 5.06. The van der Waals surface area contributed by atoms with Crippen LogP contribution in [0, 0.1) is 5.92 Å². The summed E-state index contributed by atoms with van der Waals surface area (Å²) >= 11 is 0. The van der Waals surface area contributed by atoms with Crippen LogP contribution in [0.5, 0.6) is 5.75 Å². The van der Waals surface area contributed by atoms with Gasteiger partial charge in [0.15, 0.2) is 0 Å². The van der Waals surface area contributed by atoms with Crippen LogP contribution >= 0.6 is 0 Å². The first-order valence-corrected chi connectivity index (χ1v) is 7.70. The van der Waals surface area contributed by atoms with Gasteiger partial charge in [-0.1, -0.05) is 13.3 Å². The number of hydrogen-bond donors (Lipinski definition) is 2. The predicted molar refractivity (Wildman–Crippen MR) is 83.1 cm³/mol. The van der Waals surface area contributed by atoms with Crippen LogP contribution < -0.4 is 10.1 Å². The van der Waals surface area contributed by atoms with E-state index in [1.54, 1.807) is 31.4 Å². The Hall–Kier alpha value is -2.04. The van der Waals surface area contributed by atoms with Gasteiger partial charge in [-0.2, -0.15) is 0 Å². The highest BCUT2D eigenvalue weighted by Gasteiger charge is 2.43. The summed E-state index contributed by atoms with van der Waals surface area (Å²) in [5.74, 6) is -0.0674. The fourth-order valence-electron chi connectivity index (χ4n) is 3.00. The molecule has 5 nitrogen and oxygen atoms in total. The van der Waals surface area contributed by atoms with E-state index in [0.29, 0.717) is 30.1 Å². The highest BCUT2D eigenvalue weighted by atomic mass is 16.5. The number of methoxy groups -OCH3 is 1. The third kappa shape index (κ3) is 3.40. The van der Waals surface area contributed by atoms with Crippen molar-refractivity contribution in [1.82, 2.24) is 5.32 Å². The molecular formula is C17H23NO4. The van der Waals surface area contributed by atoms with Crippen LogP contribution in [0.3, 0.4) is 0 Å². The van der Waals surface area contributed by atoms with Crippen LogP contribution in [0.15, 0.2) is 24.3 Å². The topological polar surface area (TPSA) is 75.6 Å². The molecule has 2 N–H and O–H groups in total. The van der Waals surface area contributed by atoms with E-state index in [9.17, 15) is 14.7 Å². The molecule has 1 aromatic carbocycles. The Bertz CT molecular complexity index is 530. The van der Waals surface area contributed by atoms with E-state index in [0.717, 1.165) is 19.3 Å². The molecule has 22 heavy (non-hydrogen) atoms. The zero-order chi connectivity index (χ0) is 16.2. The van der Waals surface area contributed by atoms with Gasteiger partial charge < -0.3 is 15.2 Å². The molecule has 0 aliphatic heterocycles. The average molecular weight is 305 g/mol. The SMILES string of the molecule is CCC1CCC(NC(=O)c2ccc(OC)cc2)(C(=O)O)CC1. The maximum absolute atomic E-state index is 12.4. The van der Waals surface area contributed by atoms with Crippen molar-refractivity contribution in [3.8, 4) is 5.75 Å². The largest absolute Gasteiger partial charge is 0.497 e. The maximum Gasteiger partial charge on any atom is 0.329 e. The van der Waals surface area contributed by atoms with Crippen molar-refractivity contribution in [3.05, 3.63) is 29.8 Å². The second kappa shape index (κ2) is 6.81. The highest BCUT2D eigenvalue weighted by Crippen LogP contribution is 2.34. The predicted octanol–water partition coefficient (Wildman–Crippen LogP) is 2.85. The molecule has 1 aliphatic carbocycles. The molecule has 0 bridgehead atoms. The highest BCUT2D eigenvalue weighted by molar-refractivity contribution is 5.98. The number of carbonyl (C=O) groups excluding carboxylic acids is 1. The molecule has 1 fully saturated rings. The van der Waals surface area contributed by atoms with E-state index in [2.05, 4.69) is 12.2 Å². The number of aliphatic carboxylic acids is 1. The molecule has 1 aromatic rings. The van der Waals surface area contributed by atoms with Crippen molar-refractivity contribution in [1.29, 1.82) is 0 Å². The summed E-state index contributed by atoms with van der Waals surface area (Å²) in [6.07, 6.45) is 3.71. The first-order chi connectivity index (χ1) is 10.5. The molecule has 0 saturated heterocycles. The molecule has 120 valence electrons. The summed E-state index contributed by atoms with van der Waals surface area (Å²) in [5, 5.41) is 12.3. The van der Waals surface area contributed by atoms with Gasteiger partial charge in [0.25, 0.3) is 5.91 Å². The monoisotopic (exact) mass is 305 g/mol. The van der Waals surface area contributed by atoms with Gasteiger partial charge in [0.05, 0.1) is 7.11 Å². The molecule has 1 saturated carbocycles. The van der Waals surface area contributed by atoms with Gasteiger partial charge in [0.2, 0.25) is 0 Å². The van der Waals surface area contributed by atoms with E-state index >= 15 is 0 Å². The zero-order valence-corrected chi connectivity index (χ0v) is 13.1. The van der Waals surface area contributed by atoms with Crippen molar-refractivity contribution in [3.63, 3.8) is 0 Å². The van der Waals surface area contributed by atoms with Gasteiger partial charge in [0, 0.05) is 5.56 Å². The standard InChI is InChI=1S/C17H23NO4/c1-3-12-8-10-17(11-9-12,16(20)21)18-15(19)13-4-6-14(22-2)7-5-13/h4-7,12H,3,8-11H2,1-2H3,(H,18,19)(H,20,21). The van der Waals surface area contributed by atoms with Crippen LogP contribution in [0.25, 0.3) is 0 Å². The Kier molecular flexibility index (Phi) is 5.06. The maximum atomic E-state index is 12.4. The molecule has 0 atom stereocenters. The normalized spacial score (nSPS) is 24.5. The van der Waals surface area contributed by atoms with Crippen molar-refractivity contribution >= 4 is 11.9 Å².